The van der Waals surface area contributed by atoms with E-state index in [1.54, 1.807) is 38.5 Å². The smallest absolute Gasteiger partial charge is 0.00773 e. The standard InChI is InChI=1S/C23H41N/c1-22-14-5-3-7-17(22)9-11-19-20-12-10-18(8-4-6-16-24)23(20,2)15-13-21(19)22/h17-21H,3-16,24H2,1-2H3. The maximum Gasteiger partial charge on any atom is -0.00773 e. The second-order valence-electron chi connectivity index (χ2n) is 10.5. The van der Waals surface area contributed by atoms with Crippen LogP contribution in [0, 0.1) is 40.4 Å². The van der Waals surface area contributed by atoms with E-state index in [9.17, 15) is 0 Å². The summed E-state index contributed by atoms with van der Waals surface area (Å²) in [6, 6.07) is 0. The number of fused-ring (bicyclic) bond motifs is 5. The van der Waals surface area contributed by atoms with Crippen molar-refractivity contribution in [2.24, 2.45) is 46.2 Å². The molecule has 138 valence electrons. The Hall–Kier alpha value is -0.0400. The van der Waals surface area contributed by atoms with Crippen LogP contribution < -0.4 is 5.73 Å². The lowest BCUT2D eigenvalue weighted by Crippen LogP contribution is -2.52. The summed E-state index contributed by atoms with van der Waals surface area (Å²) in [5, 5.41) is 0. The van der Waals surface area contributed by atoms with Crippen molar-refractivity contribution in [2.75, 3.05) is 6.54 Å². The molecular weight excluding hydrogens is 290 g/mol. The molecule has 1 nitrogen and oxygen atoms in total. The highest BCUT2D eigenvalue weighted by molar-refractivity contribution is 5.08. The van der Waals surface area contributed by atoms with Crippen molar-refractivity contribution in [3.8, 4) is 0 Å². The van der Waals surface area contributed by atoms with Gasteiger partial charge in [0.25, 0.3) is 0 Å². The lowest BCUT2D eigenvalue weighted by Gasteiger charge is -2.60. The van der Waals surface area contributed by atoms with E-state index in [1.165, 1.54) is 44.9 Å². The number of rotatable bonds is 4. The molecule has 0 aromatic carbocycles. The Morgan fingerprint density at radius 1 is 0.792 bits per heavy atom. The molecule has 0 radical (unpaired) electrons. The molecule has 0 aromatic heterocycles. The molecule has 0 spiro atoms. The molecule has 4 saturated carbocycles. The predicted molar refractivity (Wildman–Crippen MR) is 103 cm³/mol. The molecule has 4 aliphatic rings. The SMILES string of the molecule is CC12CCCCC1CCC1C2CCC2(C)C(CCCCN)CCC12. The predicted octanol–water partition coefficient (Wildman–Crippen LogP) is 6.16. The van der Waals surface area contributed by atoms with Crippen molar-refractivity contribution >= 4 is 0 Å². The average molecular weight is 332 g/mol. The highest BCUT2D eigenvalue weighted by atomic mass is 14.6. The van der Waals surface area contributed by atoms with E-state index in [1.807, 2.05) is 0 Å². The monoisotopic (exact) mass is 331 g/mol. The Balaban J connectivity index is 1.51. The van der Waals surface area contributed by atoms with E-state index in [2.05, 4.69) is 13.8 Å². The maximum absolute atomic E-state index is 5.74. The molecule has 4 fully saturated rings. The summed E-state index contributed by atoms with van der Waals surface area (Å²) >= 11 is 0. The second-order valence-corrected chi connectivity index (χ2v) is 10.5. The molecule has 7 atom stereocenters. The van der Waals surface area contributed by atoms with Crippen LogP contribution in [0.5, 0.6) is 0 Å². The number of hydrogen-bond acceptors (Lipinski definition) is 1. The van der Waals surface area contributed by atoms with E-state index < -0.39 is 0 Å². The molecule has 1 heteroatoms. The summed E-state index contributed by atoms with van der Waals surface area (Å²) in [7, 11) is 0. The average Bonchev–Trinajstić information content (AvgIpc) is 2.91. The largest absolute Gasteiger partial charge is 0.330 e. The van der Waals surface area contributed by atoms with Crippen LogP contribution in [0.25, 0.3) is 0 Å². The first kappa shape index (κ1) is 17.4. The van der Waals surface area contributed by atoms with Gasteiger partial charge in [-0.1, -0.05) is 33.1 Å². The van der Waals surface area contributed by atoms with Crippen LogP contribution >= 0.6 is 0 Å². The van der Waals surface area contributed by atoms with Crippen molar-refractivity contribution in [3.05, 3.63) is 0 Å². The molecule has 2 N–H and O–H groups in total. The third-order valence-electron chi connectivity index (χ3n) is 9.79. The number of hydrogen-bond donors (Lipinski definition) is 1. The highest BCUT2D eigenvalue weighted by Gasteiger charge is 2.59. The second kappa shape index (κ2) is 6.60. The Morgan fingerprint density at radius 2 is 1.62 bits per heavy atom. The van der Waals surface area contributed by atoms with Gasteiger partial charge in [0.05, 0.1) is 0 Å². The van der Waals surface area contributed by atoms with Gasteiger partial charge in [-0.3, -0.25) is 0 Å². The fourth-order valence-electron chi connectivity index (χ4n) is 8.41. The van der Waals surface area contributed by atoms with Gasteiger partial charge in [0.1, 0.15) is 0 Å². The maximum atomic E-state index is 5.74. The molecule has 0 saturated heterocycles. The first-order valence-electron chi connectivity index (χ1n) is 11.3. The van der Waals surface area contributed by atoms with Crippen LogP contribution in [0.4, 0.5) is 0 Å². The van der Waals surface area contributed by atoms with Gasteiger partial charge in [0.15, 0.2) is 0 Å². The first-order chi connectivity index (χ1) is 11.6. The fraction of sp³-hybridized carbons (Fsp3) is 1.00. The molecule has 0 bridgehead atoms. The van der Waals surface area contributed by atoms with Gasteiger partial charge in [-0.05, 0) is 111 Å². The fourth-order valence-corrected chi connectivity index (χ4v) is 8.41. The van der Waals surface area contributed by atoms with Gasteiger partial charge in [-0.2, -0.15) is 0 Å². The molecule has 7 unspecified atom stereocenters. The Morgan fingerprint density at radius 3 is 2.46 bits per heavy atom. The van der Waals surface area contributed by atoms with Crippen LogP contribution in [0.15, 0.2) is 0 Å². The van der Waals surface area contributed by atoms with E-state index in [4.69, 9.17) is 5.73 Å². The molecule has 0 amide bonds. The zero-order valence-electron chi connectivity index (χ0n) is 16.4. The quantitative estimate of drug-likeness (QED) is 0.613. The highest BCUT2D eigenvalue weighted by Crippen LogP contribution is 2.67. The summed E-state index contributed by atoms with van der Waals surface area (Å²) in [6.45, 7) is 6.30. The minimum Gasteiger partial charge on any atom is -0.330 e. The zero-order chi connectivity index (χ0) is 16.8. The van der Waals surface area contributed by atoms with E-state index in [0.717, 1.165) is 36.1 Å². The van der Waals surface area contributed by atoms with Crippen molar-refractivity contribution < 1.29 is 0 Å². The van der Waals surface area contributed by atoms with Gasteiger partial charge in [0, 0.05) is 0 Å². The van der Waals surface area contributed by atoms with Gasteiger partial charge in [0.2, 0.25) is 0 Å². The first-order valence-corrected chi connectivity index (χ1v) is 11.3. The van der Waals surface area contributed by atoms with Gasteiger partial charge in [-0.15, -0.1) is 0 Å². The van der Waals surface area contributed by atoms with Crippen LogP contribution in [-0.2, 0) is 0 Å². The van der Waals surface area contributed by atoms with Gasteiger partial charge < -0.3 is 5.73 Å². The Labute approximate surface area is 150 Å². The summed E-state index contributed by atoms with van der Waals surface area (Å²) in [4.78, 5) is 0. The van der Waals surface area contributed by atoms with E-state index in [0.29, 0.717) is 10.8 Å². The molecule has 4 aliphatic carbocycles. The van der Waals surface area contributed by atoms with Crippen LogP contribution in [0.2, 0.25) is 0 Å². The minimum atomic E-state index is 0.674. The molecular formula is C23H41N. The summed E-state index contributed by atoms with van der Waals surface area (Å²) in [6.07, 6.45) is 19.5. The molecule has 0 aromatic rings. The van der Waals surface area contributed by atoms with E-state index >= 15 is 0 Å². The summed E-state index contributed by atoms with van der Waals surface area (Å²) in [5.74, 6) is 5.27. The third kappa shape index (κ3) is 2.60. The number of nitrogens with two attached hydrogens (primary N) is 1. The van der Waals surface area contributed by atoms with Crippen molar-refractivity contribution in [2.45, 2.75) is 97.3 Å². The Bertz CT molecular complexity index is 445. The molecule has 0 aliphatic heterocycles. The van der Waals surface area contributed by atoms with E-state index in [-0.39, 0.29) is 0 Å². The number of unbranched alkanes of at least 4 members (excludes halogenated alkanes) is 1. The van der Waals surface area contributed by atoms with Crippen LogP contribution in [0.1, 0.15) is 97.3 Å². The lowest BCUT2D eigenvalue weighted by molar-refractivity contribution is -0.111. The Kier molecular flexibility index (Phi) is 4.78. The summed E-state index contributed by atoms with van der Waals surface area (Å²) in [5.41, 5.74) is 7.12. The van der Waals surface area contributed by atoms with Gasteiger partial charge >= 0.3 is 0 Å². The normalized spacial score (nSPS) is 50.9. The zero-order valence-corrected chi connectivity index (χ0v) is 16.4. The van der Waals surface area contributed by atoms with Crippen molar-refractivity contribution in [1.29, 1.82) is 0 Å². The van der Waals surface area contributed by atoms with Crippen molar-refractivity contribution in [1.82, 2.24) is 0 Å². The topological polar surface area (TPSA) is 26.0 Å². The van der Waals surface area contributed by atoms with Crippen LogP contribution in [0.3, 0.4) is 0 Å². The third-order valence-corrected chi connectivity index (χ3v) is 9.79. The van der Waals surface area contributed by atoms with Crippen molar-refractivity contribution in [3.63, 3.8) is 0 Å². The lowest BCUT2D eigenvalue weighted by atomic mass is 9.45. The minimum absolute atomic E-state index is 0.674. The molecule has 0 heterocycles. The molecule has 24 heavy (non-hydrogen) atoms. The summed E-state index contributed by atoms with van der Waals surface area (Å²) < 4.78 is 0. The molecule has 4 rings (SSSR count). The van der Waals surface area contributed by atoms with Gasteiger partial charge in [-0.25, -0.2) is 0 Å². The van der Waals surface area contributed by atoms with Crippen LogP contribution in [-0.4, -0.2) is 6.54 Å².